The molecular weight excluding hydrogens is 309 g/mol. The smallest absolute Gasteiger partial charge is 0.390 e. The average Bonchev–Trinajstić information content (AvgIpc) is 2.37. The predicted molar refractivity (Wildman–Crippen MR) is 71.6 cm³/mol. The molecule has 0 fully saturated rings. The first kappa shape index (κ1) is 17.7. The van der Waals surface area contributed by atoms with Crippen LogP contribution in [0.2, 0.25) is 0 Å². The summed E-state index contributed by atoms with van der Waals surface area (Å²) in [4.78, 5) is -0.188. The largest absolute Gasteiger partial charge is 0.495 e. The second-order valence-electron chi connectivity index (χ2n) is 4.28. The monoisotopic (exact) mass is 326 g/mol. The van der Waals surface area contributed by atoms with Crippen LogP contribution in [0.15, 0.2) is 23.1 Å². The van der Waals surface area contributed by atoms with Gasteiger partial charge in [-0.1, -0.05) is 6.07 Å². The number of hydrogen-bond acceptors (Lipinski definition) is 4. The number of nitrogens with one attached hydrogen (secondary N) is 2. The molecule has 21 heavy (non-hydrogen) atoms. The van der Waals surface area contributed by atoms with E-state index in [0.29, 0.717) is 6.54 Å². The highest BCUT2D eigenvalue weighted by molar-refractivity contribution is 7.89. The lowest BCUT2D eigenvalue weighted by molar-refractivity contribution is -0.132. The fourth-order valence-corrected chi connectivity index (χ4v) is 2.83. The first-order valence-corrected chi connectivity index (χ1v) is 7.56. The SMILES string of the molecule is CNCc1ccc(S(=O)(=O)NCCC(F)(F)F)c(OC)c1. The lowest BCUT2D eigenvalue weighted by Crippen LogP contribution is -2.28. The molecule has 0 aliphatic rings. The molecule has 0 radical (unpaired) electrons. The summed E-state index contributed by atoms with van der Waals surface area (Å²) in [6, 6.07) is 4.40. The van der Waals surface area contributed by atoms with Gasteiger partial charge in [-0.25, -0.2) is 13.1 Å². The van der Waals surface area contributed by atoms with E-state index in [2.05, 4.69) is 5.32 Å². The minimum Gasteiger partial charge on any atom is -0.495 e. The molecule has 0 amide bonds. The van der Waals surface area contributed by atoms with Crippen molar-refractivity contribution in [3.05, 3.63) is 23.8 Å². The Hall–Kier alpha value is -1.32. The molecule has 9 heteroatoms. The number of ether oxygens (including phenoxy) is 1. The molecule has 0 spiro atoms. The van der Waals surface area contributed by atoms with Gasteiger partial charge in [-0.15, -0.1) is 0 Å². The summed E-state index contributed by atoms with van der Waals surface area (Å²) in [5.41, 5.74) is 0.795. The minimum atomic E-state index is -4.41. The summed E-state index contributed by atoms with van der Waals surface area (Å²) in [5.74, 6) is 0.0854. The molecule has 1 aromatic carbocycles. The van der Waals surface area contributed by atoms with E-state index in [1.807, 2.05) is 4.72 Å². The minimum absolute atomic E-state index is 0.0854. The molecule has 0 bridgehead atoms. The molecule has 0 saturated carbocycles. The van der Waals surface area contributed by atoms with Crippen LogP contribution in [0.3, 0.4) is 0 Å². The quantitative estimate of drug-likeness (QED) is 0.799. The molecule has 5 nitrogen and oxygen atoms in total. The van der Waals surface area contributed by atoms with Crippen molar-refractivity contribution in [2.75, 3.05) is 20.7 Å². The summed E-state index contributed by atoms with van der Waals surface area (Å²) in [7, 11) is -1.02. The normalized spacial score (nSPS) is 12.4. The van der Waals surface area contributed by atoms with Crippen LogP contribution in [0.5, 0.6) is 5.75 Å². The molecule has 1 aromatic rings. The molecule has 0 unspecified atom stereocenters. The summed E-state index contributed by atoms with van der Waals surface area (Å²) in [6.07, 6.45) is -5.64. The van der Waals surface area contributed by atoms with Crippen LogP contribution in [0.25, 0.3) is 0 Å². The molecule has 0 saturated heterocycles. The zero-order valence-corrected chi connectivity index (χ0v) is 12.4. The van der Waals surface area contributed by atoms with Crippen LogP contribution >= 0.6 is 0 Å². The standard InChI is InChI=1S/C12H17F3N2O3S/c1-16-8-9-3-4-11(10(7-9)20-2)21(18,19)17-6-5-12(13,14)15/h3-4,7,16-17H,5-6,8H2,1-2H3. The summed E-state index contributed by atoms with van der Waals surface area (Å²) < 4.78 is 67.0. The first-order chi connectivity index (χ1) is 9.69. The zero-order chi connectivity index (χ0) is 16.1. The number of halogens is 3. The molecule has 1 rings (SSSR count). The van der Waals surface area contributed by atoms with Gasteiger partial charge < -0.3 is 10.1 Å². The summed E-state index contributed by atoms with van der Waals surface area (Å²) in [6.45, 7) is -0.203. The molecule has 0 aromatic heterocycles. The zero-order valence-electron chi connectivity index (χ0n) is 11.6. The van der Waals surface area contributed by atoms with E-state index in [9.17, 15) is 21.6 Å². The number of hydrogen-bond donors (Lipinski definition) is 2. The van der Waals surface area contributed by atoms with E-state index in [1.165, 1.54) is 19.2 Å². The van der Waals surface area contributed by atoms with Gasteiger partial charge >= 0.3 is 6.18 Å². The highest BCUT2D eigenvalue weighted by atomic mass is 32.2. The number of benzene rings is 1. The van der Waals surface area contributed by atoms with Crippen molar-refractivity contribution in [2.24, 2.45) is 0 Å². The van der Waals surface area contributed by atoms with Gasteiger partial charge in [-0.3, -0.25) is 0 Å². The Labute approximate surface area is 121 Å². The van der Waals surface area contributed by atoms with E-state index in [0.717, 1.165) is 5.56 Å². The molecule has 0 aliphatic carbocycles. The van der Waals surface area contributed by atoms with Gasteiger partial charge in [-0.2, -0.15) is 13.2 Å². The Morgan fingerprint density at radius 1 is 1.29 bits per heavy atom. The highest BCUT2D eigenvalue weighted by Crippen LogP contribution is 2.25. The molecule has 0 aliphatic heterocycles. The molecule has 2 N–H and O–H groups in total. The maximum atomic E-state index is 12.0. The maximum Gasteiger partial charge on any atom is 0.390 e. The Bertz CT molecular complexity index is 574. The Morgan fingerprint density at radius 2 is 1.95 bits per heavy atom. The van der Waals surface area contributed by atoms with Gasteiger partial charge in [0.25, 0.3) is 0 Å². The van der Waals surface area contributed by atoms with Crippen LogP contribution in [0.4, 0.5) is 13.2 Å². The molecular formula is C12H17F3N2O3S. The van der Waals surface area contributed by atoms with Crippen LogP contribution in [0, 0.1) is 0 Å². The number of sulfonamides is 1. The maximum absolute atomic E-state index is 12.0. The van der Waals surface area contributed by atoms with Crippen molar-refractivity contribution in [3.63, 3.8) is 0 Å². The number of methoxy groups -OCH3 is 1. The summed E-state index contributed by atoms with van der Waals surface area (Å²) >= 11 is 0. The molecule has 0 heterocycles. The van der Waals surface area contributed by atoms with Crippen LogP contribution in [0.1, 0.15) is 12.0 Å². The van der Waals surface area contributed by atoms with Crippen molar-refractivity contribution in [1.29, 1.82) is 0 Å². The van der Waals surface area contributed by atoms with E-state index in [4.69, 9.17) is 4.74 Å². The van der Waals surface area contributed by atoms with Crippen molar-refractivity contribution in [2.45, 2.75) is 24.0 Å². The lowest BCUT2D eigenvalue weighted by atomic mass is 10.2. The van der Waals surface area contributed by atoms with Gasteiger partial charge in [0.1, 0.15) is 10.6 Å². The first-order valence-electron chi connectivity index (χ1n) is 6.07. The van der Waals surface area contributed by atoms with Crippen LogP contribution in [-0.2, 0) is 16.6 Å². The summed E-state index contributed by atoms with van der Waals surface area (Å²) in [5, 5.41) is 2.90. The van der Waals surface area contributed by atoms with E-state index < -0.39 is 29.2 Å². The number of rotatable bonds is 7. The fourth-order valence-electron chi connectivity index (χ4n) is 1.65. The van der Waals surface area contributed by atoms with Gasteiger partial charge in [0.05, 0.1) is 13.5 Å². The van der Waals surface area contributed by atoms with Gasteiger partial charge in [0, 0.05) is 13.1 Å². The Morgan fingerprint density at radius 3 is 2.48 bits per heavy atom. The second kappa shape index (κ2) is 7.10. The lowest BCUT2D eigenvalue weighted by Gasteiger charge is -2.13. The van der Waals surface area contributed by atoms with Gasteiger partial charge in [-0.05, 0) is 24.7 Å². The van der Waals surface area contributed by atoms with E-state index in [1.54, 1.807) is 13.1 Å². The predicted octanol–water partition coefficient (Wildman–Crippen LogP) is 1.65. The van der Waals surface area contributed by atoms with Crippen molar-refractivity contribution in [1.82, 2.24) is 10.0 Å². The van der Waals surface area contributed by atoms with Gasteiger partial charge in [0.2, 0.25) is 10.0 Å². The van der Waals surface area contributed by atoms with Crippen molar-refractivity contribution >= 4 is 10.0 Å². The Kier molecular flexibility index (Phi) is 5.99. The van der Waals surface area contributed by atoms with Crippen LogP contribution < -0.4 is 14.8 Å². The van der Waals surface area contributed by atoms with Crippen molar-refractivity contribution < 1.29 is 26.3 Å². The number of alkyl halides is 3. The second-order valence-corrected chi connectivity index (χ2v) is 6.01. The van der Waals surface area contributed by atoms with E-state index in [-0.39, 0.29) is 10.6 Å². The van der Waals surface area contributed by atoms with Gasteiger partial charge in [0.15, 0.2) is 0 Å². The third kappa shape index (κ3) is 5.52. The third-order valence-electron chi connectivity index (χ3n) is 2.60. The highest BCUT2D eigenvalue weighted by Gasteiger charge is 2.28. The third-order valence-corrected chi connectivity index (χ3v) is 4.10. The van der Waals surface area contributed by atoms with E-state index >= 15 is 0 Å². The Balaban J connectivity index is 2.92. The average molecular weight is 326 g/mol. The molecule has 120 valence electrons. The topological polar surface area (TPSA) is 67.4 Å². The molecule has 0 atom stereocenters. The van der Waals surface area contributed by atoms with Crippen molar-refractivity contribution in [3.8, 4) is 5.75 Å². The van der Waals surface area contributed by atoms with Crippen LogP contribution in [-0.4, -0.2) is 35.3 Å². The fraction of sp³-hybridized carbons (Fsp3) is 0.500.